The van der Waals surface area contributed by atoms with E-state index in [9.17, 15) is 8.42 Å². The second kappa shape index (κ2) is 7.96. The number of piperidine rings is 1. The summed E-state index contributed by atoms with van der Waals surface area (Å²) in [5.74, 6) is 0.430. The normalized spacial score (nSPS) is 17.5. The third-order valence-electron chi connectivity index (χ3n) is 4.31. The van der Waals surface area contributed by atoms with Gasteiger partial charge < -0.3 is 5.32 Å². The van der Waals surface area contributed by atoms with Gasteiger partial charge in [0.2, 0.25) is 10.0 Å². The molecule has 1 saturated heterocycles. The molecule has 1 N–H and O–H groups in total. The number of nitrogens with one attached hydrogen (secondary N) is 1. The smallest absolute Gasteiger partial charge is 0.246 e. The molecule has 6 nitrogen and oxygen atoms in total. The first kappa shape index (κ1) is 20.4. The predicted octanol–water partition coefficient (Wildman–Crippen LogP) is 1.95. The van der Waals surface area contributed by atoms with E-state index in [-0.39, 0.29) is 12.4 Å². The quantitative estimate of drug-likeness (QED) is 0.867. The van der Waals surface area contributed by atoms with Gasteiger partial charge in [0.1, 0.15) is 4.90 Å². The molecule has 134 valence electrons. The second-order valence-electron chi connectivity index (χ2n) is 6.54. The summed E-state index contributed by atoms with van der Waals surface area (Å²) in [5, 5.41) is 7.67. The van der Waals surface area contributed by atoms with E-state index in [1.54, 1.807) is 11.2 Å². The highest BCUT2D eigenvalue weighted by Gasteiger charge is 2.33. The van der Waals surface area contributed by atoms with Gasteiger partial charge in [-0.2, -0.15) is 9.40 Å². The molecule has 0 unspecified atom stereocenters. The Balaban J connectivity index is 0.00000264. The highest BCUT2D eigenvalue weighted by atomic mass is 35.5. The lowest BCUT2D eigenvalue weighted by Crippen LogP contribution is -2.44. The second-order valence-corrected chi connectivity index (χ2v) is 8.42. The number of hydrogen-bond acceptors (Lipinski definition) is 4. The number of halogens is 1. The molecule has 1 aliphatic rings. The molecule has 0 bridgehead atoms. The fourth-order valence-corrected chi connectivity index (χ4v) is 4.93. The molecule has 1 fully saturated rings. The Morgan fingerprint density at radius 1 is 1.26 bits per heavy atom. The zero-order valence-electron chi connectivity index (χ0n) is 14.7. The average molecular weight is 365 g/mol. The van der Waals surface area contributed by atoms with Crippen molar-refractivity contribution in [2.24, 2.45) is 5.92 Å². The van der Waals surface area contributed by atoms with E-state index in [0.717, 1.165) is 25.1 Å². The number of rotatable bonds is 5. The molecule has 2 heterocycles. The predicted molar refractivity (Wildman–Crippen MR) is 94.6 cm³/mol. The van der Waals surface area contributed by atoms with Gasteiger partial charge in [0, 0.05) is 25.7 Å². The number of aromatic nitrogens is 2. The van der Waals surface area contributed by atoms with Gasteiger partial charge in [0.15, 0.2) is 0 Å². The third-order valence-corrected chi connectivity index (χ3v) is 6.46. The highest BCUT2D eigenvalue weighted by molar-refractivity contribution is 7.89. The molecule has 1 aliphatic heterocycles. The van der Waals surface area contributed by atoms with Crippen LogP contribution in [-0.2, 0) is 16.6 Å². The topological polar surface area (TPSA) is 67.2 Å². The highest BCUT2D eigenvalue weighted by Crippen LogP contribution is 2.26. The molecule has 1 aromatic heterocycles. The minimum absolute atomic E-state index is 0. The van der Waals surface area contributed by atoms with E-state index in [2.05, 4.69) is 24.3 Å². The lowest BCUT2D eigenvalue weighted by atomic mass is 10.1. The van der Waals surface area contributed by atoms with Gasteiger partial charge in [0.05, 0.1) is 11.4 Å². The largest absolute Gasteiger partial charge is 0.317 e. The summed E-state index contributed by atoms with van der Waals surface area (Å²) in [6.07, 6.45) is 1.71. The fraction of sp³-hybridized carbons (Fsp3) is 0.800. The van der Waals surface area contributed by atoms with Crippen LogP contribution in [0.15, 0.2) is 4.90 Å². The molecule has 2 rings (SSSR count). The van der Waals surface area contributed by atoms with Crippen LogP contribution in [0.2, 0.25) is 0 Å². The standard InChI is InChI=1S/C15H28N4O2S.ClH/c1-11(2)10-19-13(4)15(12(3)17-19)22(20,21)18-8-6-14(16-5)7-9-18;/h11,14,16H,6-10H2,1-5H3;1H. The third kappa shape index (κ3) is 4.26. The molecular formula is C15H29ClN4O2S. The van der Waals surface area contributed by atoms with Gasteiger partial charge in [0.25, 0.3) is 0 Å². The Labute approximate surface area is 146 Å². The molecular weight excluding hydrogens is 336 g/mol. The van der Waals surface area contributed by atoms with Crippen LogP contribution < -0.4 is 5.32 Å². The molecule has 23 heavy (non-hydrogen) atoms. The van der Waals surface area contributed by atoms with E-state index in [1.807, 2.05) is 18.7 Å². The van der Waals surface area contributed by atoms with Crippen LogP contribution in [0.5, 0.6) is 0 Å². The zero-order chi connectivity index (χ0) is 16.5. The Bertz CT molecular complexity index is 620. The Hall–Kier alpha value is -0.630. The van der Waals surface area contributed by atoms with E-state index >= 15 is 0 Å². The molecule has 0 saturated carbocycles. The maximum atomic E-state index is 13.0. The zero-order valence-corrected chi connectivity index (χ0v) is 16.3. The monoisotopic (exact) mass is 364 g/mol. The van der Waals surface area contributed by atoms with Crippen molar-refractivity contribution < 1.29 is 8.42 Å². The van der Waals surface area contributed by atoms with Crippen LogP contribution in [0, 0.1) is 19.8 Å². The summed E-state index contributed by atoms with van der Waals surface area (Å²) in [6, 6.07) is 0.414. The van der Waals surface area contributed by atoms with Gasteiger partial charge in [-0.05, 0) is 39.7 Å². The summed E-state index contributed by atoms with van der Waals surface area (Å²) in [4.78, 5) is 0.399. The van der Waals surface area contributed by atoms with Crippen molar-refractivity contribution in [3.63, 3.8) is 0 Å². The Kier molecular flexibility index (Phi) is 7.07. The lowest BCUT2D eigenvalue weighted by molar-refractivity contribution is 0.298. The maximum absolute atomic E-state index is 13.0. The SMILES string of the molecule is CNC1CCN(S(=O)(=O)c2c(C)nn(CC(C)C)c2C)CC1.Cl. The summed E-state index contributed by atoms with van der Waals surface area (Å²) >= 11 is 0. The number of nitrogens with zero attached hydrogens (tertiary/aromatic N) is 3. The van der Waals surface area contributed by atoms with Crippen LogP contribution in [-0.4, -0.2) is 48.7 Å². The number of hydrogen-bond donors (Lipinski definition) is 1. The average Bonchev–Trinajstić information content (AvgIpc) is 2.73. The molecule has 0 radical (unpaired) electrons. The molecule has 0 aliphatic carbocycles. The minimum Gasteiger partial charge on any atom is -0.317 e. The van der Waals surface area contributed by atoms with Gasteiger partial charge >= 0.3 is 0 Å². The fourth-order valence-electron chi connectivity index (χ4n) is 3.09. The number of aryl methyl sites for hydroxylation is 1. The molecule has 1 aromatic rings. The summed E-state index contributed by atoms with van der Waals surface area (Å²) in [5.41, 5.74) is 1.36. The van der Waals surface area contributed by atoms with Gasteiger partial charge in [-0.25, -0.2) is 8.42 Å². The summed E-state index contributed by atoms with van der Waals surface area (Å²) in [7, 11) is -1.52. The number of sulfonamides is 1. The van der Waals surface area contributed by atoms with Crippen molar-refractivity contribution in [1.29, 1.82) is 0 Å². The van der Waals surface area contributed by atoms with Crippen molar-refractivity contribution in [3.05, 3.63) is 11.4 Å². The Morgan fingerprint density at radius 3 is 2.30 bits per heavy atom. The van der Waals surface area contributed by atoms with Gasteiger partial charge in [-0.15, -0.1) is 12.4 Å². The summed E-state index contributed by atoms with van der Waals surface area (Å²) < 4.78 is 29.4. The van der Waals surface area contributed by atoms with Crippen molar-refractivity contribution >= 4 is 22.4 Å². The maximum Gasteiger partial charge on any atom is 0.246 e. The van der Waals surface area contributed by atoms with Crippen LogP contribution in [0.4, 0.5) is 0 Å². The van der Waals surface area contributed by atoms with Crippen LogP contribution in [0.1, 0.15) is 38.1 Å². The van der Waals surface area contributed by atoms with E-state index in [4.69, 9.17) is 0 Å². The van der Waals surface area contributed by atoms with E-state index in [1.165, 1.54) is 0 Å². The molecule has 8 heteroatoms. The Morgan fingerprint density at radius 2 is 1.83 bits per heavy atom. The molecule has 0 aromatic carbocycles. The molecule has 0 atom stereocenters. The first-order valence-electron chi connectivity index (χ1n) is 7.98. The van der Waals surface area contributed by atoms with Crippen LogP contribution in [0.3, 0.4) is 0 Å². The first-order valence-corrected chi connectivity index (χ1v) is 9.42. The van der Waals surface area contributed by atoms with E-state index < -0.39 is 10.0 Å². The van der Waals surface area contributed by atoms with Crippen molar-refractivity contribution in [1.82, 2.24) is 19.4 Å². The molecule has 0 spiro atoms. The van der Waals surface area contributed by atoms with Crippen molar-refractivity contribution in [2.75, 3.05) is 20.1 Å². The van der Waals surface area contributed by atoms with Crippen molar-refractivity contribution in [2.45, 2.75) is 58.0 Å². The lowest BCUT2D eigenvalue weighted by Gasteiger charge is -2.31. The molecule has 0 amide bonds. The van der Waals surface area contributed by atoms with Crippen LogP contribution in [0.25, 0.3) is 0 Å². The minimum atomic E-state index is -3.45. The van der Waals surface area contributed by atoms with Gasteiger partial charge in [-0.1, -0.05) is 13.8 Å². The van der Waals surface area contributed by atoms with Gasteiger partial charge in [-0.3, -0.25) is 4.68 Å². The first-order chi connectivity index (χ1) is 10.3. The van der Waals surface area contributed by atoms with E-state index in [0.29, 0.717) is 35.6 Å². The van der Waals surface area contributed by atoms with Crippen molar-refractivity contribution in [3.8, 4) is 0 Å². The van der Waals surface area contributed by atoms with Crippen LogP contribution >= 0.6 is 12.4 Å². The summed E-state index contributed by atoms with van der Waals surface area (Å²) in [6.45, 7) is 9.74.